The molecule has 1 aliphatic heterocycles. The minimum absolute atomic E-state index is 0.0856. The van der Waals surface area contributed by atoms with E-state index in [2.05, 4.69) is 0 Å². The van der Waals surface area contributed by atoms with Crippen LogP contribution in [0.25, 0.3) is 0 Å². The topological polar surface area (TPSA) is 26.3 Å². The molecular formula is C11H12O2. The molecule has 1 aliphatic rings. The number of benzene rings is 1. The van der Waals surface area contributed by atoms with E-state index in [9.17, 15) is 4.79 Å². The van der Waals surface area contributed by atoms with E-state index < -0.39 is 0 Å². The summed E-state index contributed by atoms with van der Waals surface area (Å²) in [4.78, 5) is 11.8. The van der Waals surface area contributed by atoms with Gasteiger partial charge in [-0.2, -0.15) is 0 Å². The normalized spacial score (nSPS) is 21.7. The summed E-state index contributed by atoms with van der Waals surface area (Å²) in [6, 6.07) is 9.43. The maximum absolute atomic E-state index is 11.8. The highest BCUT2D eigenvalue weighted by Crippen LogP contribution is 2.17. The largest absolute Gasteiger partial charge is 0.381 e. The number of carbonyl (C=O) groups excluding carboxylic acids is 1. The first kappa shape index (κ1) is 8.45. The Hall–Kier alpha value is -1.15. The molecule has 1 fully saturated rings. The Labute approximate surface area is 77.5 Å². The number of ketones is 1. The van der Waals surface area contributed by atoms with Crippen molar-refractivity contribution in [3.8, 4) is 0 Å². The Balaban J connectivity index is 2.13. The molecule has 1 unspecified atom stereocenters. The quantitative estimate of drug-likeness (QED) is 0.643. The number of Topliss-reactive ketones (excluding diaryl/α,β-unsaturated/α-hetero) is 1. The SMILES string of the molecule is O=C(c1ccccc1)C1CCOC1. The summed E-state index contributed by atoms with van der Waals surface area (Å²) in [6.07, 6.45) is 0.869. The molecule has 0 radical (unpaired) electrons. The number of rotatable bonds is 2. The highest BCUT2D eigenvalue weighted by Gasteiger charge is 2.23. The molecule has 2 nitrogen and oxygen atoms in total. The maximum atomic E-state index is 11.8. The number of hydrogen-bond acceptors (Lipinski definition) is 2. The third-order valence-electron chi connectivity index (χ3n) is 2.36. The second-order valence-corrected chi connectivity index (χ2v) is 3.29. The van der Waals surface area contributed by atoms with Gasteiger partial charge in [0.25, 0.3) is 0 Å². The minimum atomic E-state index is 0.0856. The summed E-state index contributed by atoms with van der Waals surface area (Å²) in [6.45, 7) is 1.32. The van der Waals surface area contributed by atoms with Crippen molar-refractivity contribution in [1.29, 1.82) is 0 Å². The zero-order valence-corrected chi connectivity index (χ0v) is 7.40. The summed E-state index contributed by atoms with van der Waals surface area (Å²) in [7, 11) is 0. The van der Waals surface area contributed by atoms with Crippen molar-refractivity contribution < 1.29 is 9.53 Å². The second kappa shape index (κ2) is 3.71. The Bertz CT molecular complexity index is 286. The molecule has 2 rings (SSSR count). The average Bonchev–Trinajstić information content (AvgIpc) is 2.71. The Morgan fingerprint density at radius 2 is 2.08 bits per heavy atom. The molecule has 0 N–H and O–H groups in total. The van der Waals surface area contributed by atoms with E-state index in [0.717, 1.165) is 18.6 Å². The van der Waals surface area contributed by atoms with Crippen LogP contribution < -0.4 is 0 Å². The molecule has 68 valence electrons. The van der Waals surface area contributed by atoms with Gasteiger partial charge < -0.3 is 4.74 Å². The monoisotopic (exact) mass is 176 g/mol. The zero-order valence-electron chi connectivity index (χ0n) is 7.40. The van der Waals surface area contributed by atoms with E-state index in [-0.39, 0.29) is 11.7 Å². The highest BCUT2D eigenvalue weighted by molar-refractivity contribution is 5.98. The van der Waals surface area contributed by atoms with Crippen LogP contribution in [-0.4, -0.2) is 19.0 Å². The van der Waals surface area contributed by atoms with Gasteiger partial charge in [0, 0.05) is 18.1 Å². The third-order valence-corrected chi connectivity index (χ3v) is 2.36. The molecule has 1 aromatic carbocycles. The van der Waals surface area contributed by atoms with Crippen LogP contribution >= 0.6 is 0 Å². The minimum Gasteiger partial charge on any atom is -0.381 e. The van der Waals surface area contributed by atoms with Gasteiger partial charge >= 0.3 is 0 Å². The summed E-state index contributed by atoms with van der Waals surface area (Å²) in [5.41, 5.74) is 0.804. The average molecular weight is 176 g/mol. The van der Waals surface area contributed by atoms with Crippen LogP contribution in [0.4, 0.5) is 0 Å². The van der Waals surface area contributed by atoms with E-state index in [1.54, 1.807) is 0 Å². The van der Waals surface area contributed by atoms with Crippen LogP contribution in [0.2, 0.25) is 0 Å². The predicted molar refractivity (Wildman–Crippen MR) is 49.7 cm³/mol. The summed E-state index contributed by atoms with van der Waals surface area (Å²) >= 11 is 0. The Morgan fingerprint density at radius 1 is 1.31 bits per heavy atom. The fraction of sp³-hybridized carbons (Fsp3) is 0.364. The van der Waals surface area contributed by atoms with E-state index >= 15 is 0 Å². The lowest BCUT2D eigenvalue weighted by Crippen LogP contribution is -2.14. The van der Waals surface area contributed by atoms with E-state index in [1.807, 2.05) is 30.3 Å². The molecule has 0 aliphatic carbocycles. The molecule has 1 heterocycles. The zero-order chi connectivity index (χ0) is 9.10. The van der Waals surface area contributed by atoms with Crippen molar-refractivity contribution >= 4 is 5.78 Å². The first-order valence-corrected chi connectivity index (χ1v) is 4.55. The number of ether oxygens (including phenoxy) is 1. The Kier molecular flexibility index (Phi) is 2.41. The van der Waals surface area contributed by atoms with Crippen LogP contribution in [0.15, 0.2) is 30.3 Å². The van der Waals surface area contributed by atoms with Crippen molar-refractivity contribution in [3.05, 3.63) is 35.9 Å². The molecule has 0 amide bonds. The van der Waals surface area contributed by atoms with Gasteiger partial charge in [-0.15, -0.1) is 0 Å². The molecule has 13 heavy (non-hydrogen) atoms. The third kappa shape index (κ3) is 1.78. The second-order valence-electron chi connectivity index (χ2n) is 3.29. The predicted octanol–water partition coefficient (Wildman–Crippen LogP) is 1.91. The summed E-state index contributed by atoms with van der Waals surface area (Å²) < 4.78 is 5.18. The molecular weight excluding hydrogens is 164 g/mol. The van der Waals surface area contributed by atoms with Crippen molar-refractivity contribution in [2.45, 2.75) is 6.42 Å². The van der Waals surface area contributed by atoms with Crippen molar-refractivity contribution in [2.75, 3.05) is 13.2 Å². The van der Waals surface area contributed by atoms with Gasteiger partial charge in [-0.05, 0) is 6.42 Å². The van der Waals surface area contributed by atoms with E-state index in [1.165, 1.54) is 0 Å². The van der Waals surface area contributed by atoms with Gasteiger partial charge in [-0.3, -0.25) is 4.79 Å². The van der Waals surface area contributed by atoms with Crippen LogP contribution in [0, 0.1) is 5.92 Å². The molecule has 0 spiro atoms. The van der Waals surface area contributed by atoms with E-state index in [4.69, 9.17) is 4.74 Å². The van der Waals surface area contributed by atoms with Gasteiger partial charge in [0.2, 0.25) is 0 Å². The van der Waals surface area contributed by atoms with Crippen molar-refractivity contribution in [1.82, 2.24) is 0 Å². The number of hydrogen-bond donors (Lipinski definition) is 0. The molecule has 1 saturated heterocycles. The Morgan fingerprint density at radius 3 is 2.69 bits per heavy atom. The highest BCUT2D eigenvalue weighted by atomic mass is 16.5. The fourth-order valence-corrected chi connectivity index (χ4v) is 1.58. The lowest BCUT2D eigenvalue weighted by molar-refractivity contribution is 0.0900. The van der Waals surface area contributed by atoms with Crippen molar-refractivity contribution in [2.24, 2.45) is 5.92 Å². The first-order chi connectivity index (χ1) is 6.38. The summed E-state index contributed by atoms with van der Waals surface area (Å²) in [5, 5.41) is 0. The molecule has 2 heteroatoms. The van der Waals surface area contributed by atoms with Gasteiger partial charge in [0.15, 0.2) is 5.78 Å². The van der Waals surface area contributed by atoms with Crippen molar-refractivity contribution in [3.63, 3.8) is 0 Å². The van der Waals surface area contributed by atoms with Crippen LogP contribution in [-0.2, 0) is 4.74 Å². The van der Waals surface area contributed by atoms with Crippen LogP contribution in [0.1, 0.15) is 16.8 Å². The summed E-state index contributed by atoms with van der Waals surface area (Å²) in [5.74, 6) is 0.306. The standard InChI is InChI=1S/C11H12O2/c12-11(10-6-7-13-8-10)9-4-2-1-3-5-9/h1-5,10H,6-8H2. The first-order valence-electron chi connectivity index (χ1n) is 4.55. The maximum Gasteiger partial charge on any atom is 0.168 e. The van der Waals surface area contributed by atoms with Gasteiger partial charge in [0.1, 0.15) is 0 Å². The molecule has 0 aromatic heterocycles. The van der Waals surface area contributed by atoms with Crippen LogP contribution in [0.5, 0.6) is 0 Å². The van der Waals surface area contributed by atoms with Gasteiger partial charge in [-0.25, -0.2) is 0 Å². The molecule has 1 atom stereocenters. The van der Waals surface area contributed by atoms with E-state index in [0.29, 0.717) is 6.61 Å². The lowest BCUT2D eigenvalue weighted by atomic mass is 9.97. The number of carbonyl (C=O) groups is 1. The molecule has 1 aromatic rings. The smallest absolute Gasteiger partial charge is 0.168 e. The van der Waals surface area contributed by atoms with Gasteiger partial charge in [0.05, 0.1) is 6.61 Å². The molecule has 0 bridgehead atoms. The van der Waals surface area contributed by atoms with Gasteiger partial charge in [-0.1, -0.05) is 30.3 Å². The fourth-order valence-electron chi connectivity index (χ4n) is 1.58. The van der Waals surface area contributed by atoms with Crippen LogP contribution in [0.3, 0.4) is 0 Å². The molecule has 0 saturated carbocycles. The lowest BCUT2D eigenvalue weighted by Gasteiger charge is -2.05.